The van der Waals surface area contributed by atoms with Crippen molar-refractivity contribution in [3.05, 3.63) is 59.2 Å². The summed E-state index contributed by atoms with van der Waals surface area (Å²) >= 11 is 0. The molecule has 7 heteroatoms. The van der Waals surface area contributed by atoms with E-state index in [4.69, 9.17) is 14.2 Å². The van der Waals surface area contributed by atoms with Crippen LogP contribution < -0.4 is 14.8 Å². The van der Waals surface area contributed by atoms with Crippen molar-refractivity contribution in [1.29, 1.82) is 0 Å². The average molecular weight is 385 g/mol. The quantitative estimate of drug-likeness (QED) is 0.527. The number of para-hydroxylation sites is 1. The molecule has 0 spiro atoms. The van der Waals surface area contributed by atoms with E-state index in [1.165, 1.54) is 21.1 Å². The molecule has 0 unspecified atom stereocenters. The highest BCUT2D eigenvalue weighted by Gasteiger charge is 2.13. The maximum Gasteiger partial charge on any atom is 0.307 e. The van der Waals surface area contributed by atoms with Gasteiger partial charge in [-0.25, -0.2) is 0 Å². The fourth-order valence-corrected chi connectivity index (χ4v) is 2.55. The normalized spacial score (nSPS) is 10.1. The van der Waals surface area contributed by atoms with Gasteiger partial charge in [-0.2, -0.15) is 0 Å². The Bertz CT molecular complexity index is 862. The molecule has 148 valence electrons. The molecule has 0 radical (unpaired) electrons. The molecule has 7 nitrogen and oxygen atoms in total. The van der Waals surface area contributed by atoms with E-state index >= 15 is 0 Å². The largest absolute Gasteiger partial charge is 0.496 e. The van der Waals surface area contributed by atoms with Gasteiger partial charge < -0.3 is 19.5 Å². The maximum atomic E-state index is 12.2. The van der Waals surface area contributed by atoms with Gasteiger partial charge in [-0.3, -0.25) is 14.4 Å². The van der Waals surface area contributed by atoms with Crippen LogP contribution in [-0.2, 0) is 16.1 Å². The predicted octanol–water partition coefficient (Wildman–Crippen LogP) is 2.77. The molecule has 2 aromatic rings. The van der Waals surface area contributed by atoms with Gasteiger partial charge in [0, 0.05) is 17.7 Å². The number of ether oxygens (including phenoxy) is 3. The highest BCUT2D eigenvalue weighted by Crippen LogP contribution is 2.21. The highest BCUT2D eigenvalue weighted by molar-refractivity contribution is 5.97. The Morgan fingerprint density at radius 1 is 0.964 bits per heavy atom. The van der Waals surface area contributed by atoms with Gasteiger partial charge in [0.2, 0.25) is 0 Å². The second-order valence-corrected chi connectivity index (χ2v) is 5.95. The summed E-state index contributed by atoms with van der Waals surface area (Å²) in [5, 5.41) is 2.66. The Kier molecular flexibility index (Phi) is 7.56. The van der Waals surface area contributed by atoms with Crippen LogP contribution in [-0.4, -0.2) is 38.4 Å². The summed E-state index contributed by atoms with van der Waals surface area (Å²) in [5.74, 6) is 0.0910. The van der Waals surface area contributed by atoms with Gasteiger partial charge in [-0.05, 0) is 37.3 Å². The zero-order valence-electron chi connectivity index (χ0n) is 16.1. The van der Waals surface area contributed by atoms with Crippen LogP contribution in [0, 0.1) is 0 Å². The molecule has 0 heterocycles. The van der Waals surface area contributed by atoms with Crippen LogP contribution in [0.2, 0.25) is 0 Å². The SMILES string of the molecule is COc1ccc(C(C)=O)cc1COC(=O)CCNC(=O)c1ccccc1OC. The first-order valence-corrected chi connectivity index (χ1v) is 8.71. The number of carbonyl (C=O) groups is 3. The number of carbonyl (C=O) groups excluding carboxylic acids is 3. The smallest absolute Gasteiger partial charge is 0.307 e. The minimum atomic E-state index is -0.476. The third kappa shape index (κ3) is 5.57. The van der Waals surface area contributed by atoms with Crippen LogP contribution in [0.1, 0.15) is 39.6 Å². The maximum absolute atomic E-state index is 12.2. The van der Waals surface area contributed by atoms with Crippen LogP contribution in [0.25, 0.3) is 0 Å². The van der Waals surface area contributed by atoms with Gasteiger partial charge in [0.25, 0.3) is 5.91 Å². The topological polar surface area (TPSA) is 90.9 Å². The van der Waals surface area contributed by atoms with Crippen molar-refractivity contribution in [3.63, 3.8) is 0 Å². The van der Waals surface area contributed by atoms with Crippen molar-refractivity contribution in [2.45, 2.75) is 20.0 Å². The van der Waals surface area contributed by atoms with E-state index in [0.717, 1.165) is 0 Å². The van der Waals surface area contributed by atoms with Crippen molar-refractivity contribution < 1.29 is 28.6 Å². The van der Waals surface area contributed by atoms with Crippen LogP contribution in [0.4, 0.5) is 0 Å². The van der Waals surface area contributed by atoms with Gasteiger partial charge in [-0.1, -0.05) is 12.1 Å². The number of hydrogen-bond acceptors (Lipinski definition) is 6. The van der Waals surface area contributed by atoms with Crippen molar-refractivity contribution in [2.24, 2.45) is 0 Å². The molecule has 2 rings (SSSR count). The third-order valence-corrected chi connectivity index (χ3v) is 4.04. The number of hydrogen-bond donors (Lipinski definition) is 1. The van der Waals surface area contributed by atoms with Crippen molar-refractivity contribution >= 4 is 17.7 Å². The number of ketones is 1. The van der Waals surface area contributed by atoms with Crippen LogP contribution in [0.3, 0.4) is 0 Å². The summed E-state index contributed by atoms with van der Waals surface area (Å²) in [6.07, 6.45) is 0.00953. The molecule has 0 aliphatic carbocycles. The Labute approximate surface area is 163 Å². The average Bonchev–Trinajstić information content (AvgIpc) is 2.71. The standard InChI is InChI=1S/C21H23NO6/c1-14(23)15-8-9-18(26-2)16(12-15)13-28-20(24)10-11-22-21(25)17-6-4-5-7-19(17)27-3/h4-9,12H,10-11,13H2,1-3H3,(H,22,25). The number of nitrogens with one attached hydrogen (secondary N) is 1. The monoisotopic (exact) mass is 385 g/mol. The number of amides is 1. The number of benzene rings is 2. The zero-order chi connectivity index (χ0) is 20.5. The molecule has 0 aliphatic heterocycles. The molecule has 0 aliphatic rings. The summed E-state index contributed by atoms with van der Waals surface area (Å²) in [6, 6.07) is 11.8. The first-order valence-electron chi connectivity index (χ1n) is 8.71. The van der Waals surface area contributed by atoms with Gasteiger partial charge in [0.15, 0.2) is 5.78 Å². The minimum absolute atomic E-state index is 0.00953. The highest BCUT2D eigenvalue weighted by atomic mass is 16.5. The first kappa shape index (κ1) is 21.0. The van der Waals surface area contributed by atoms with Gasteiger partial charge in [0.1, 0.15) is 18.1 Å². The number of rotatable bonds is 9. The molecule has 0 fully saturated rings. The van der Waals surface area contributed by atoms with E-state index in [9.17, 15) is 14.4 Å². The van der Waals surface area contributed by atoms with Gasteiger partial charge >= 0.3 is 5.97 Å². The first-order chi connectivity index (χ1) is 13.5. The minimum Gasteiger partial charge on any atom is -0.496 e. The number of esters is 1. The molecular weight excluding hydrogens is 362 g/mol. The lowest BCUT2D eigenvalue weighted by Gasteiger charge is -2.11. The lowest BCUT2D eigenvalue weighted by atomic mass is 10.1. The summed E-state index contributed by atoms with van der Waals surface area (Å²) in [4.78, 5) is 35.7. The van der Waals surface area contributed by atoms with Crippen LogP contribution >= 0.6 is 0 Å². The molecule has 2 aromatic carbocycles. The van der Waals surface area contributed by atoms with E-state index in [-0.39, 0.29) is 31.3 Å². The molecule has 0 bridgehead atoms. The Balaban J connectivity index is 1.86. The fraction of sp³-hybridized carbons (Fsp3) is 0.286. The molecule has 28 heavy (non-hydrogen) atoms. The second kappa shape index (κ2) is 10.1. The summed E-state index contributed by atoms with van der Waals surface area (Å²) < 4.78 is 15.6. The van der Waals surface area contributed by atoms with E-state index in [2.05, 4.69) is 5.32 Å². The molecule has 1 amide bonds. The third-order valence-electron chi connectivity index (χ3n) is 4.04. The van der Waals surface area contributed by atoms with E-state index in [0.29, 0.717) is 28.2 Å². The Morgan fingerprint density at radius 2 is 1.68 bits per heavy atom. The number of methoxy groups -OCH3 is 2. The fourth-order valence-electron chi connectivity index (χ4n) is 2.55. The van der Waals surface area contributed by atoms with Crippen molar-refractivity contribution in [1.82, 2.24) is 5.32 Å². The Morgan fingerprint density at radius 3 is 2.36 bits per heavy atom. The lowest BCUT2D eigenvalue weighted by Crippen LogP contribution is -2.26. The van der Waals surface area contributed by atoms with Crippen LogP contribution in [0.15, 0.2) is 42.5 Å². The number of Topliss-reactive ketones (excluding diaryl/α,β-unsaturated/α-hetero) is 1. The summed E-state index contributed by atoms with van der Waals surface area (Å²) in [6.45, 7) is 1.56. The van der Waals surface area contributed by atoms with E-state index in [1.807, 2.05) is 0 Å². The molecular formula is C21H23NO6. The van der Waals surface area contributed by atoms with E-state index in [1.54, 1.807) is 42.5 Å². The summed E-state index contributed by atoms with van der Waals surface area (Å²) in [5.41, 5.74) is 1.50. The molecule has 0 saturated heterocycles. The Hall–Kier alpha value is -3.35. The van der Waals surface area contributed by atoms with Crippen molar-refractivity contribution in [3.8, 4) is 11.5 Å². The van der Waals surface area contributed by atoms with Crippen LogP contribution in [0.5, 0.6) is 11.5 Å². The van der Waals surface area contributed by atoms with Gasteiger partial charge in [-0.15, -0.1) is 0 Å². The second-order valence-electron chi connectivity index (χ2n) is 5.95. The van der Waals surface area contributed by atoms with Gasteiger partial charge in [0.05, 0.1) is 26.2 Å². The molecule has 1 N–H and O–H groups in total. The van der Waals surface area contributed by atoms with Crippen molar-refractivity contribution in [2.75, 3.05) is 20.8 Å². The summed E-state index contributed by atoms with van der Waals surface area (Å²) in [7, 11) is 2.99. The lowest BCUT2D eigenvalue weighted by molar-refractivity contribution is -0.144. The molecule has 0 saturated carbocycles. The predicted molar refractivity (Wildman–Crippen MR) is 103 cm³/mol. The molecule has 0 atom stereocenters. The molecule has 0 aromatic heterocycles. The zero-order valence-corrected chi connectivity index (χ0v) is 16.1. The van der Waals surface area contributed by atoms with E-state index < -0.39 is 5.97 Å².